The lowest BCUT2D eigenvalue weighted by atomic mass is 10.2. The average Bonchev–Trinajstić information content (AvgIpc) is 2.94. The standard InChI is InChI=1S/C21H28N4O2/c1-3-5-7-10-14-27-21(26)17-18-20(25(19(17)22)13-6-4-2)24-16-12-9-8-11-15(16)23-18/h8-9,11-12H,3-7,10,13-14,22H2,1-2H3. The van der Waals surface area contributed by atoms with Crippen molar-refractivity contribution in [3.05, 3.63) is 29.8 Å². The lowest BCUT2D eigenvalue weighted by molar-refractivity contribution is 0.0501. The highest BCUT2D eigenvalue weighted by molar-refractivity contribution is 6.08. The van der Waals surface area contributed by atoms with E-state index in [-0.39, 0.29) is 0 Å². The van der Waals surface area contributed by atoms with Gasteiger partial charge in [-0.05, 0) is 25.0 Å². The number of ether oxygens (including phenoxy) is 1. The number of nitrogens with two attached hydrogens (primary N) is 1. The number of rotatable bonds is 9. The van der Waals surface area contributed by atoms with Crippen molar-refractivity contribution >= 4 is 34.0 Å². The Labute approximate surface area is 159 Å². The van der Waals surface area contributed by atoms with Crippen LogP contribution in [0.15, 0.2) is 24.3 Å². The second-order valence-electron chi connectivity index (χ2n) is 6.85. The van der Waals surface area contributed by atoms with Gasteiger partial charge in [0.1, 0.15) is 16.9 Å². The zero-order chi connectivity index (χ0) is 19.2. The molecule has 0 spiro atoms. The normalized spacial score (nSPS) is 11.3. The van der Waals surface area contributed by atoms with Crippen molar-refractivity contribution < 1.29 is 9.53 Å². The number of nitrogens with zero attached hydrogens (tertiary/aromatic N) is 3. The van der Waals surface area contributed by atoms with E-state index in [0.717, 1.165) is 49.6 Å². The molecular weight excluding hydrogens is 340 g/mol. The molecule has 0 atom stereocenters. The number of benzene rings is 1. The van der Waals surface area contributed by atoms with Crippen molar-refractivity contribution in [1.82, 2.24) is 14.5 Å². The van der Waals surface area contributed by atoms with Gasteiger partial charge in [-0.3, -0.25) is 0 Å². The summed E-state index contributed by atoms with van der Waals surface area (Å²) < 4.78 is 7.39. The van der Waals surface area contributed by atoms with Crippen LogP contribution in [0.2, 0.25) is 0 Å². The van der Waals surface area contributed by atoms with Gasteiger partial charge in [0, 0.05) is 6.54 Å². The maximum Gasteiger partial charge on any atom is 0.344 e. The van der Waals surface area contributed by atoms with Gasteiger partial charge in [0.05, 0.1) is 17.6 Å². The fourth-order valence-electron chi connectivity index (χ4n) is 3.23. The van der Waals surface area contributed by atoms with E-state index < -0.39 is 5.97 Å². The van der Waals surface area contributed by atoms with Crippen LogP contribution in [0.25, 0.3) is 22.2 Å². The Kier molecular flexibility index (Phi) is 6.27. The first-order valence-corrected chi connectivity index (χ1v) is 9.89. The highest BCUT2D eigenvalue weighted by Crippen LogP contribution is 2.29. The van der Waals surface area contributed by atoms with E-state index in [1.165, 1.54) is 0 Å². The van der Waals surface area contributed by atoms with E-state index in [2.05, 4.69) is 18.8 Å². The summed E-state index contributed by atoms with van der Waals surface area (Å²) in [7, 11) is 0. The minimum absolute atomic E-state index is 0.342. The Morgan fingerprint density at radius 3 is 2.44 bits per heavy atom. The number of hydrogen-bond donors (Lipinski definition) is 1. The van der Waals surface area contributed by atoms with Crippen molar-refractivity contribution in [3.8, 4) is 0 Å². The first kappa shape index (κ1) is 19.1. The summed E-state index contributed by atoms with van der Waals surface area (Å²) >= 11 is 0. The molecule has 0 aliphatic heterocycles. The highest BCUT2D eigenvalue weighted by Gasteiger charge is 2.24. The van der Waals surface area contributed by atoms with Gasteiger partial charge in [0.15, 0.2) is 5.65 Å². The number of nitrogen functional groups attached to an aromatic ring is 1. The number of carbonyl (C=O) groups is 1. The molecule has 0 unspecified atom stereocenters. The van der Waals surface area contributed by atoms with Crippen molar-refractivity contribution in [2.45, 2.75) is 58.9 Å². The first-order chi connectivity index (χ1) is 13.2. The SMILES string of the molecule is CCCCCCOC(=O)c1c(N)n(CCCC)c2nc3ccccc3nc12. The number of para-hydroxylation sites is 2. The van der Waals surface area contributed by atoms with E-state index in [4.69, 9.17) is 15.5 Å². The molecule has 0 fully saturated rings. The Morgan fingerprint density at radius 2 is 1.74 bits per heavy atom. The van der Waals surface area contributed by atoms with Crippen LogP contribution in [0.4, 0.5) is 5.82 Å². The van der Waals surface area contributed by atoms with Crippen molar-refractivity contribution in [3.63, 3.8) is 0 Å². The number of fused-ring (bicyclic) bond motifs is 2. The molecule has 0 bridgehead atoms. The topological polar surface area (TPSA) is 83.0 Å². The van der Waals surface area contributed by atoms with Gasteiger partial charge in [-0.15, -0.1) is 0 Å². The van der Waals surface area contributed by atoms with Crippen LogP contribution in [-0.4, -0.2) is 27.1 Å². The Balaban J connectivity index is 1.98. The number of hydrogen-bond acceptors (Lipinski definition) is 5. The second-order valence-corrected chi connectivity index (χ2v) is 6.85. The Hall–Kier alpha value is -2.63. The van der Waals surface area contributed by atoms with Crippen LogP contribution in [-0.2, 0) is 11.3 Å². The minimum atomic E-state index is -0.408. The molecule has 0 aliphatic rings. The molecule has 2 N–H and O–H groups in total. The molecular formula is C21H28N4O2. The van der Waals surface area contributed by atoms with E-state index in [0.29, 0.717) is 35.7 Å². The zero-order valence-electron chi connectivity index (χ0n) is 16.2. The summed E-state index contributed by atoms with van der Waals surface area (Å²) in [5, 5.41) is 0. The summed E-state index contributed by atoms with van der Waals surface area (Å²) in [6.07, 6.45) is 6.19. The summed E-state index contributed by atoms with van der Waals surface area (Å²) in [4.78, 5) is 22.2. The monoisotopic (exact) mass is 368 g/mol. The minimum Gasteiger partial charge on any atom is -0.462 e. The maximum atomic E-state index is 12.8. The number of esters is 1. The molecule has 6 heteroatoms. The summed E-state index contributed by atoms with van der Waals surface area (Å²) in [5.41, 5.74) is 9.41. The van der Waals surface area contributed by atoms with E-state index in [1.807, 2.05) is 28.8 Å². The van der Waals surface area contributed by atoms with Crippen molar-refractivity contribution in [2.75, 3.05) is 12.3 Å². The molecule has 0 aliphatic carbocycles. The van der Waals surface area contributed by atoms with Crippen molar-refractivity contribution in [1.29, 1.82) is 0 Å². The molecule has 2 heterocycles. The second kappa shape index (κ2) is 8.84. The molecule has 1 aromatic carbocycles. The van der Waals surface area contributed by atoms with Crippen LogP contribution in [0.1, 0.15) is 62.7 Å². The Bertz CT molecular complexity index is 933. The zero-order valence-corrected chi connectivity index (χ0v) is 16.2. The molecule has 6 nitrogen and oxygen atoms in total. The fourth-order valence-corrected chi connectivity index (χ4v) is 3.23. The Morgan fingerprint density at radius 1 is 1.04 bits per heavy atom. The van der Waals surface area contributed by atoms with Crippen LogP contribution >= 0.6 is 0 Å². The third-order valence-electron chi connectivity index (χ3n) is 4.76. The summed E-state index contributed by atoms with van der Waals surface area (Å²) in [5.74, 6) is -0.0128. The predicted molar refractivity (Wildman–Crippen MR) is 109 cm³/mol. The molecule has 0 amide bonds. The fraction of sp³-hybridized carbons (Fsp3) is 0.476. The molecule has 3 aromatic rings. The van der Waals surface area contributed by atoms with Gasteiger partial charge in [-0.25, -0.2) is 14.8 Å². The highest BCUT2D eigenvalue weighted by atomic mass is 16.5. The third-order valence-corrected chi connectivity index (χ3v) is 4.76. The lowest BCUT2D eigenvalue weighted by Gasteiger charge is -2.07. The quantitative estimate of drug-likeness (QED) is 0.437. The van der Waals surface area contributed by atoms with Gasteiger partial charge < -0.3 is 15.0 Å². The number of anilines is 1. The van der Waals surface area contributed by atoms with Crippen LogP contribution in [0.3, 0.4) is 0 Å². The molecule has 0 radical (unpaired) electrons. The number of aromatic nitrogens is 3. The van der Waals surface area contributed by atoms with Gasteiger partial charge >= 0.3 is 5.97 Å². The molecule has 3 rings (SSSR count). The lowest BCUT2D eigenvalue weighted by Crippen LogP contribution is -2.11. The van der Waals surface area contributed by atoms with Gasteiger partial charge in [-0.2, -0.15) is 0 Å². The predicted octanol–water partition coefficient (Wildman–Crippen LogP) is 4.70. The van der Waals surface area contributed by atoms with Crippen LogP contribution in [0, 0.1) is 0 Å². The van der Waals surface area contributed by atoms with Crippen LogP contribution < -0.4 is 5.73 Å². The molecule has 0 saturated heterocycles. The van der Waals surface area contributed by atoms with Crippen molar-refractivity contribution in [2.24, 2.45) is 0 Å². The molecule has 144 valence electrons. The van der Waals surface area contributed by atoms with E-state index in [9.17, 15) is 4.79 Å². The van der Waals surface area contributed by atoms with E-state index >= 15 is 0 Å². The van der Waals surface area contributed by atoms with Crippen LogP contribution in [0.5, 0.6) is 0 Å². The molecule has 0 saturated carbocycles. The van der Waals surface area contributed by atoms with E-state index in [1.54, 1.807) is 0 Å². The number of unbranched alkanes of at least 4 members (excludes halogenated alkanes) is 4. The molecule has 2 aromatic heterocycles. The number of carbonyl (C=O) groups excluding carboxylic acids is 1. The average molecular weight is 368 g/mol. The largest absolute Gasteiger partial charge is 0.462 e. The van der Waals surface area contributed by atoms with Gasteiger partial charge in [0.25, 0.3) is 0 Å². The first-order valence-electron chi connectivity index (χ1n) is 9.89. The van der Waals surface area contributed by atoms with Gasteiger partial charge in [-0.1, -0.05) is 51.7 Å². The maximum absolute atomic E-state index is 12.8. The smallest absolute Gasteiger partial charge is 0.344 e. The number of aryl methyl sites for hydroxylation is 1. The third kappa shape index (κ3) is 4.04. The molecule has 27 heavy (non-hydrogen) atoms. The van der Waals surface area contributed by atoms with Gasteiger partial charge in [0.2, 0.25) is 0 Å². The summed E-state index contributed by atoms with van der Waals surface area (Å²) in [6.45, 7) is 5.38. The summed E-state index contributed by atoms with van der Waals surface area (Å²) in [6, 6.07) is 7.64.